The number of carbonyl (C=O) groups is 1. The van der Waals surface area contributed by atoms with Gasteiger partial charge in [-0.15, -0.1) is 6.58 Å². The van der Waals surface area contributed by atoms with Gasteiger partial charge in [-0.3, -0.25) is 9.36 Å². The molecule has 0 saturated heterocycles. The van der Waals surface area contributed by atoms with E-state index in [2.05, 4.69) is 11.6 Å². The van der Waals surface area contributed by atoms with Crippen molar-refractivity contribution in [3.63, 3.8) is 0 Å². The van der Waals surface area contributed by atoms with Gasteiger partial charge in [-0.25, -0.2) is 9.79 Å². The lowest BCUT2D eigenvalue weighted by molar-refractivity contribution is -0.139. The van der Waals surface area contributed by atoms with Gasteiger partial charge in [0.25, 0.3) is 5.56 Å². The van der Waals surface area contributed by atoms with Gasteiger partial charge in [-0.2, -0.15) is 0 Å². The molecule has 0 N–H and O–H groups in total. The number of thiazole rings is 1. The minimum Gasteiger partial charge on any atom is -0.489 e. The molecule has 43 heavy (non-hydrogen) atoms. The van der Waals surface area contributed by atoms with Gasteiger partial charge in [0.15, 0.2) is 4.80 Å². The molecule has 1 aliphatic rings. The Morgan fingerprint density at radius 1 is 1.07 bits per heavy atom. The summed E-state index contributed by atoms with van der Waals surface area (Å²) in [6.45, 7) is 9.92. The van der Waals surface area contributed by atoms with Crippen molar-refractivity contribution in [2.24, 2.45) is 4.99 Å². The fourth-order valence-corrected chi connectivity index (χ4v) is 6.46. The highest BCUT2D eigenvalue weighted by atomic mass is 35.5. The number of hydrogen-bond donors (Lipinski definition) is 0. The summed E-state index contributed by atoms with van der Waals surface area (Å²) in [5, 5.41) is 1.10. The molecular formula is C34H30Cl2N2O4S. The third-order valence-corrected chi connectivity index (χ3v) is 8.62. The third kappa shape index (κ3) is 6.54. The second-order valence-electron chi connectivity index (χ2n) is 10.1. The van der Waals surface area contributed by atoms with E-state index < -0.39 is 12.0 Å². The summed E-state index contributed by atoms with van der Waals surface area (Å²) in [4.78, 5) is 32.2. The van der Waals surface area contributed by atoms with Crippen LogP contribution in [0.25, 0.3) is 6.08 Å². The van der Waals surface area contributed by atoms with E-state index in [9.17, 15) is 9.59 Å². The van der Waals surface area contributed by atoms with Crippen LogP contribution in [0.3, 0.4) is 0 Å². The molecule has 3 aromatic carbocycles. The lowest BCUT2D eigenvalue weighted by Crippen LogP contribution is -2.39. The first kappa shape index (κ1) is 30.5. The molecular weight excluding hydrogens is 603 g/mol. The SMILES string of the molecule is C=CCc1cc(/C=c2/sc3n(c2=O)[C@H](c2ccc(C)cc2)C(C(=O)OCC)=C(C)N=3)ccc1OCc1ccc(Cl)cc1Cl. The predicted molar refractivity (Wildman–Crippen MR) is 173 cm³/mol. The smallest absolute Gasteiger partial charge is 0.338 e. The van der Waals surface area contributed by atoms with Crippen LogP contribution < -0.4 is 19.6 Å². The van der Waals surface area contributed by atoms with Crippen LogP contribution in [0.1, 0.15) is 47.7 Å². The highest BCUT2D eigenvalue weighted by molar-refractivity contribution is 7.07. The topological polar surface area (TPSA) is 69.9 Å². The van der Waals surface area contributed by atoms with Gasteiger partial charge in [0.1, 0.15) is 12.4 Å². The van der Waals surface area contributed by atoms with Crippen LogP contribution in [0.5, 0.6) is 5.75 Å². The van der Waals surface area contributed by atoms with Gasteiger partial charge in [-0.1, -0.05) is 82.6 Å². The van der Waals surface area contributed by atoms with Crippen molar-refractivity contribution >= 4 is 46.6 Å². The summed E-state index contributed by atoms with van der Waals surface area (Å²) in [6, 6.07) is 18.2. The number of aryl methyl sites for hydroxylation is 1. The Hall–Kier alpha value is -3.91. The molecule has 0 bridgehead atoms. The van der Waals surface area contributed by atoms with E-state index in [0.29, 0.717) is 42.8 Å². The van der Waals surface area contributed by atoms with Crippen molar-refractivity contribution in [3.8, 4) is 5.75 Å². The maximum atomic E-state index is 13.9. The molecule has 0 radical (unpaired) electrons. The molecule has 0 saturated carbocycles. The molecule has 1 aliphatic heterocycles. The van der Waals surface area contributed by atoms with E-state index in [1.807, 2.05) is 61.5 Å². The van der Waals surface area contributed by atoms with E-state index in [1.165, 1.54) is 11.3 Å². The molecule has 220 valence electrons. The lowest BCUT2D eigenvalue weighted by Gasteiger charge is -2.24. The summed E-state index contributed by atoms with van der Waals surface area (Å²) in [5.74, 6) is 0.215. The number of aromatic nitrogens is 1. The minimum absolute atomic E-state index is 0.222. The number of esters is 1. The summed E-state index contributed by atoms with van der Waals surface area (Å²) < 4.78 is 13.6. The lowest BCUT2D eigenvalue weighted by atomic mass is 9.95. The first-order valence-electron chi connectivity index (χ1n) is 13.8. The van der Waals surface area contributed by atoms with Crippen LogP contribution in [0.2, 0.25) is 10.0 Å². The molecule has 6 nitrogen and oxygen atoms in total. The Balaban J connectivity index is 1.55. The summed E-state index contributed by atoms with van der Waals surface area (Å²) >= 11 is 13.6. The van der Waals surface area contributed by atoms with E-state index in [0.717, 1.165) is 27.8 Å². The zero-order valence-electron chi connectivity index (χ0n) is 24.0. The van der Waals surface area contributed by atoms with Crippen molar-refractivity contribution in [1.82, 2.24) is 4.57 Å². The maximum Gasteiger partial charge on any atom is 0.338 e. The van der Waals surface area contributed by atoms with Gasteiger partial charge < -0.3 is 9.47 Å². The van der Waals surface area contributed by atoms with Crippen LogP contribution in [0.4, 0.5) is 0 Å². The monoisotopic (exact) mass is 632 g/mol. The van der Waals surface area contributed by atoms with Crippen LogP contribution in [0.15, 0.2) is 94.4 Å². The largest absolute Gasteiger partial charge is 0.489 e. The Labute approximate surface area is 263 Å². The molecule has 4 aromatic rings. The van der Waals surface area contributed by atoms with Gasteiger partial charge in [0, 0.05) is 15.6 Å². The number of halogens is 2. The van der Waals surface area contributed by atoms with Crippen LogP contribution >= 0.6 is 34.5 Å². The minimum atomic E-state index is -0.648. The second kappa shape index (κ2) is 13.2. The first-order valence-corrected chi connectivity index (χ1v) is 15.3. The Kier molecular flexibility index (Phi) is 9.35. The standard InChI is InChI=1S/C34H30Cl2N2O4S/c1-5-7-24-16-22(10-15-28(24)42-19-25-13-14-26(35)18-27(25)36)17-29-32(39)38-31(23-11-8-20(3)9-12-23)30(33(40)41-6-2)21(4)37-34(38)43-29/h5,8-18,31H,1,6-7,19H2,2-4H3/b29-17+/t31-/m1/s1. The number of carbonyl (C=O) groups excluding carboxylic acids is 1. The first-order chi connectivity index (χ1) is 20.7. The normalized spacial score (nSPS) is 14.7. The molecule has 2 heterocycles. The number of benzene rings is 3. The van der Waals surface area contributed by atoms with E-state index in [4.69, 9.17) is 32.7 Å². The second-order valence-corrected chi connectivity index (χ2v) is 12.0. The number of hydrogen-bond acceptors (Lipinski definition) is 6. The molecule has 1 atom stereocenters. The highest BCUT2D eigenvalue weighted by Crippen LogP contribution is 2.31. The zero-order chi connectivity index (χ0) is 30.7. The summed E-state index contributed by atoms with van der Waals surface area (Å²) in [5.41, 5.74) is 5.12. The number of rotatable bonds is 9. The Bertz CT molecular complexity index is 1920. The van der Waals surface area contributed by atoms with Gasteiger partial charge in [0.2, 0.25) is 0 Å². The molecule has 0 unspecified atom stereocenters. The molecule has 5 rings (SSSR count). The Morgan fingerprint density at radius 2 is 1.84 bits per heavy atom. The van der Waals surface area contributed by atoms with Crippen molar-refractivity contribution < 1.29 is 14.3 Å². The molecule has 9 heteroatoms. The summed E-state index contributed by atoms with van der Waals surface area (Å²) in [6.07, 6.45) is 4.21. The quantitative estimate of drug-likeness (QED) is 0.152. The Morgan fingerprint density at radius 3 is 2.53 bits per heavy atom. The average Bonchev–Trinajstić information content (AvgIpc) is 3.27. The zero-order valence-corrected chi connectivity index (χ0v) is 26.4. The van der Waals surface area contributed by atoms with Crippen molar-refractivity contribution in [3.05, 3.63) is 142 Å². The van der Waals surface area contributed by atoms with E-state index in [-0.39, 0.29) is 18.8 Å². The van der Waals surface area contributed by atoms with Gasteiger partial charge in [0.05, 0.1) is 28.5 Å². The average molecular weight is 634 g/mol. The van der Waals surface area contributed by atoms with E-state index >= 15 is 0 Å². The maximum absolute atomic E-state index is 13.9. The molecule has 0 fully saturated rings. The van der Waals surface area contributed by atoms with Crippen LogP contribution in [-0.2, 0) is 22.6 Å². The van der Waals surface area contributed by atoms with Crippen molar-refractivity contribution in [2.75, 3.05) is 6.61 Å². The molecule has 0 amide bonds. The fraction of sp³-hybridized carbons (Fsp3) is 0.206. The van der Waals surface area contributed by atoms with Crippen LogP contribution in [0, 0.1) is 6.92 Å². The number of allylic oxidation sites excluding steroid dienone is 2. The summed E-state index contributed by atoms with van der Waals surface area (Å²) in [7, 11) is 0. The number of fused-ring (bicyclic) bond motifs is 1. The third-order valence-electron chi connectivity index (χ3n) is 7.05. The fourth-order valence-electron chi connectivity index (χ4n) is 4.95. The van der Waals surface area contributed by atoms with Crippen molar-refractivity contribution in [1.29, 1.82) is 0 Å². The highest BCUT2D eigenvalue weighted by Gasteiger charge is 2.33. The van der Waals surface area contributed by atoms with Gasteiger partial charge in [-0.05, 0) is 74.2 Å². The predicted octanol–water partition coefficient (Wildman–Crippen LogP) is 6.72. The molecule has 1 aromatic heterocycles. The van der Waals surface area contributed by atoms with Gasteiger partial charge >= 0.3 is 5.97 Å². The van der Waals surface area contributed by atoms with E-state index in [1.54, 1.807) is 36.6 Å². The number of ether oxygens (including phenoxy) is 2. The van der Waals surface area contributed by atoms with Crippen molar-refractivity contribution in [2.45, 2.75) is 39.8 Å². The molecule has 0 aliphatic carbocycles. The molecule has 0 spiro atoms. The van der Waals surface area contributed by atoms with Crippen LogP contribution in [-0.4, -0.2) is 17.1 Å². The number of nitrogens with zero attached hydrogens (tertiary/aromatic N) is 2.